The monoisotopic (exact) mass is 444 g/mol. The number of nitrogens with zero attached hydrogens (tertiary/aromatic N) is 2. The van der Waals surface area contributed by atoms with Crippen molar-refractivity contribution in [3.8, 4) is 0 Å². The summed E-state index contributed by atoms with van der Waals surface area (Å²) in [6.45, 7) is 4.99. The lowest BCUT2D eigenvalue weighted by atomic mass is 9.87. The van der Waals surface area contributed by atoms with Gasteiger partial charge in [-0.2, -0.15) is 0 Å². The fourth-order valence-corrected chi connectivity index (χ4v) is 5.08. The van der Waals surface area contributed by atoms with E-state index < -0.39 is 5.54 Å². The lowest BCUT2D eigenvalue weighted by Gasteiger charge is -2.35. The van der Waals surface area contributed by atoms with Gasteiger partial charge in [-0.25, -0.2) is 9.69 Å². The second-order valence-electron chi connectivity index (χ2n) is 8.93. The Morgan fingerprint density at radius 2 is 1.94 bits per heavy atom. The van der Waals surface area contributed by atoms with Crippen LogP contribution in [0.15, 0.2) is 48.5 Å². The Kier molecular flexibility index (Phi) is 5.19. The molecule has 0 spiro atoms. The van der Waals surface area contributed by atoms with Crippen LogP contribution in [-0.2, 0) is 16.8 Å². The lowest BCUT2D eigenvalue weighted by Crippen LogP contribution is -2.49. The largest absolute Gasteiger partial charge is 0.356 e. The Morgan fingerprint density at radius 3 is 2.76 bits per heavy atom. The van der Waals surface area contributed by atoms with Gasteiger partial charge in [0.2, 0.25) is 0 Å². The van der Waals surface area contributed by atoms with Crippen LogP contribution < -0.4 is 10.2 Å². The number of amides is 4. The predicted octanol–water partition coefficient (Wildman–Crippen LogP) is 4.33. The molecule has 0 aliphatic carbocycles. The van der Waals surface area contributed by atoms with E-state index in [4.69, 9.17) is 0 Å². The van der Waals surface area contributed by atoms with Crippen molar-refractivity contribution in [2.24, 2.45) is 0 Å². The Bertz CT molecular complexity index is 1260. The molecule has 1 fully saturated rings. The third-order valence-electron chi connectivity index (χ3n) is 6.90. The number of fused-ring (bicyclic) bond motifs is 5. The molecule has 3 aromatic rings. The molecule has 5 rings (SSSR count). The molecule has 1 unspecified atom stereocenters. The van der Waals surface area contributed by atoms with Gasteiger partial charge in [-0.3, -0.25) is 9.59 Å². The van der Waals surface area contributed by atoms with E-state index in [0.717, 1.165) is 41.4 Å². The fourth-order valence-electron chi connectivity index (χ4n) is 5.08. The Morgan fingerprint density at radius 1 is 1.12 bits per heavy atom. The number of aromatic amines is 1. The van der Waals surface area contributed by atoms with E-state index >= 15 is 0 Å². The van der Waals surface area contributed by atoms with Crippen LogP contribution in [0, 0.1) is 0 Å². The minimum atomic E-state index is -1.11. The number of H-pyrrole nitrogens is 1. The minimum Gasteiger partial charge on any atom is -0.356 e. The summed E-state index contributed by atoms with van der Waals surface area (Å²) in [6, 6.07) is 14.4. The third-order valence-corrected chi connectivity index (χ3v) is 6.90. The number of anilines is 1. The Labute approximate surface area is 192 Å². The number of hydrogen-bond donors (Lipinski definition) is 2. The summed E-state index contributed by atoms with van der Waals surface area (Å²) in [6.07, 6.45) is 3.74. The molecule has 170 valence electrons. The van der Waals surface area contributed by atoms with Crippen LogP contribution in [0.1, 0.15) is 54.7 Å². The van der Waals surface area contributed by atoms with Crippen molar-refractivity contribution >= 4 is 34.4 Å². The summed E-state index contributed by atoms with van der Waals surface area (Å²) in [5, 5.41) is 4.01. The van der Waals surface area contributed by atoms with Gasteiger partial charge in [-0.15, -0.1) is 0 Å². The van der Waals surface area contributed by atoms with E-state index in [1.807, 2.05) is 31.2 Å². The molecule has 2 aliphatic heterocycles. The zero-order valence-electron chi connectivity index (χ0n) is 19.0. The number of carbonyl (C=O) groups excluding carboxylic acids is 3. The quantitative estimate of drug-likeness (QED) is 0.438. The molecule has 2 N–H and O–H groups in total. The lowest BCUT2D eigenvalue weighted by molar-refractivity contribution is -0.125. The number of urea groups is 1. The molecular weight excluding hydrogens is 416 g/mol. The van der Waals surface area contributed by atoms with Crippen LogP contribution >= 0.6 is 0 Å². The van der Waals surface area contributed by atoms with E-state index in [1.165, 1.54) is 4.90 Å². The average molecular weight is 445 g/mol. The summed E-state index contributed by atoms with van der Waals surface area (Å²) < 4.78 is 0. The smallest absolute Gasteiger partial charge is 0.332 e. The van der Waals surface area contributed by atoms with Gasteiger partial charge in [0.25, 0.3) is 11.8 Å². The number of carbonyl (C=O) groups is 3. The first-order chi connectivity index (χ1) is 16.0. The molecule has 3 heterocycles. The van der Waals surface area contributed by atoms with Gasteiger partial charge < -0.3 is 15.2 Å². The molecule has 1 atom stereocenters. The maximum Gasteiger partial charge on any atom is 0.332 e. The molecule has 4 amide bonds. The zero-order valence-corrected chi connectivity index (χ0v) is 19.0. The number of benzene rings is 2. The summed E-state index contributed by atoms with van der Waals surface area (Å²) >= 11 is 0. The molecule has 7 heteroatoms. The Hall–Kier alpha value is -3.61. The molecule has 0 saturated carbocycles. The number of hydrogen-bond acceptors (Lipinski definition) is 3. The van der Waals surface area contributed by atoms with Gasteiger partial charge in [0.15, 0.2) is 5.54 Å². The highest BCUT2D eigenvalue weighted by Gasteiger charge is 2.59. The molecule has 0 radical (unpaired) electrons. The van der Waals surface area contributed by atoms with Gasteiger partial charge in [0, 0.05) is 29.6 Å². The van der Waals surface area contributed by atoms with Crippen LogP contribution in [0.4, 0.5) is 10.5 Å². The average Bonchev–Trinajstić information content (AvgIpc) is 3.30. The number of nitrogens with one attached hydrogen (secondary N) is 2. The molecule has 0 bridgehead atoms. The molecule has 2 aromatic carbocycles. The highest BCUT2D eigenvalue weighted by molar-refractivity contribution is 6.24. The topological polar surface area (TPSA) is 85.5 Å². The SMILES string of the molecule is CCCCCNC(=O)c1cccc(N2C(=O)N3CCc4c([nH]c5ccccc45)C3(C)C2=O)c1. The van der Waals surface area contributed by atoms with Crippen LogP contribution in [0.3, 0.4) is 0 Å². The van der Waals surface area contributed by atoms with Crippen molar-refractivity contribution in [1.29, 1.82) is 0 Å². The highest BCUT2D eigenvalue weighted by Crippen LogP contribution is 2.45. The number of aromatic nitrogens is 1. The summed E-state index contributed by atoms with van der Waals surface area (Å²) in [4.78, 5) is 46.1. The van der Waals surface area contributed by atoms with E-state index in [2.05, 4.69) is 17.2 Å². The second kappa shape index (κ2) is 8.06. The summed E-state index contributed by atoms with van der Waals surface area (Å²) in [7, 11) is 0. The van der Waals surface area contributed by atoms with Crippen molar-refractivity contribution in [1.82, 2.24) is 15.2 Å². The molecule has 7 nitrogen and oxygen atoms in total. The van der Waals surface area contributed by atoms with E-state index in [-0.39, 0.29) is 17.8 Å². The van der Waals surface area contributed by atoms with Crippen molar-refractivity contribution in [3.63, 3.8) is 0 Å². The first-order valence-electron chi connectivity index (χ1n) is 11.6. The molecule has 1 saturated heterocycles. The third kappa shape index (κ3) is 3.22. The minimum absolute atomic E-state index is 0.200. The Balaban J connectivity index is 1.48. The number of rotatable bonds is 6. The molecular formula is C26H28N4O3. The summed E-state index contributed by atoms with van der Waals surface area (Å²) in [5.41, 5.74) is 2.58. The maximum atomic E-state index is 13.8. The van der Waals surface area contributed by atoms with Crippen molar-refractivity contribution in [2.75, 3.05) is 18.0 Å². The number of unbranched alkanes of at least 4 members (excludes halogenated alkanes) is 2. The van der Waals surface area contributed by atoms with Crippen LogP contribution in [0.2, 0.25) is 0 Å². The van der Waals surface area contributed by atoms with E-state index in [9.17, 15) is 14.4 Å². The molecule has 33 heavy (non-hydrogen) atoms. The normalized spacial score (nSPS) is 19.7. The summed E-state index contributed by atoms with van der Waals surface area (Å²) in [5.74, 6) is -0.505. The van der Waals surface area contributed by atoms with E-state index in [1.54, 1.807) is 29.2 Å². The van der Waals surface area contributed by atoms with Crippen LogP contribution in [-0.4, -0.2) is 40.8 Å². The second-order valence-corrected chi connectivity index (χ2v) is 8.93. The van der Waals surface area contributed by atoms with E-state index in [0.29, 0.717) is 30.8 Å². The first kappa shape index (κ1) is 21.2. The van der Waals surface area contributed by atoms with Gasteiger partial charge in [-0.05, 0) is 49.6 Å². The zero-order chi connectivity index (χ0) is 23.2. The van der Waals surface area contributed by atoms with Gasteiger partial charge >= 0.3 is 6.03 Å². The van der Waals surface area contributed by atoms with Gasteiger partial charge in [0.05, 0.1) is 11.4 Å². The van der Waals surface area contributed by atoms with Crippen molar-refractivity contribution in [3.05, 3.63) is 65.4 Å². The number of para-hydroxylation sites is 1. The maximum absolute atomic E-state index is 13.8. The van der Waals surface area contributed by atoms with Gasteiger partial charge in [0.1, 0.15) is 0 Å². The fraction of sp³-hybridized carbons (Fsp3) is 0.346. The molecule has 2 aliphatic rings. The number of imide groups is 1. The van der Waals surface area contributed by atoms with Crippen molar-refractivity contribution < 1.29 is 14.4 Å². The first-order valence-corrected chi connectivity index (χ1v) is 11.6. The molecule has 1 aromatic heterocycles. The standard InChI is InChI=1S/C26H28N4O3/c1-3-4-7-14-27-23(31)17-9-8-10-18(16-17)30-24(32)26(2)22-20(13-15-29(26)25(30)33)19-11-5-6-12-21(19)28-22/h5-6,8-12,16,28H,3-4,7,13-15H2,1-2H3,(H,27,31). The van der Waals surface area contributed by atoms with Gasteiger partial charge in [-0.1, -0.05) is 44.0 Å². The highest BCUT2D eigenvalue weighted by atomic mass is 16.2. The predicted molar refractivity (Wildman–Crippen MR) is 127 cm³/mol. The van der Waals surface area contributed by atoms with Crippen LogP contribution in [0.5, 0.6) is 0 Å². The van der Waals surface area contributed by atoms with Crippen LogP contribution in [0.25, 0.3) is 10.9 Å². The van der Waals surface area contributed by atoms with Crippen molar-refractivity contribution in [2.45, 2.75) is 45.1 Å².